The van der Waals surface area contributed by atoms with Crippen LogP contribution in [0.1, 0.15) is 32.3 Å². The molecule has 0 spiro atoms. The van der Waals surface area contributed by atoms with E-state index < -0.39 is 0 Å². The molecule has 2 rings (SSSR count). The van der Waals surface area contributed by atoms with E-state index >= 15 is 0 Å². The number of halogens is 1. The van der Waals surface area contributed by atoms with Crippen molar-refractivity contribution in [1.82, 2.24) is 0 Å². The zero-order chi connectivity index (χ0) is 17.7. The molecular weight excluding hydrogens is 368 g/mol. The third-order valence-electron chi connectivity index (χ3n) is 3.70. The van der Waals surface area contributed by atoms with Gasteiger partial charge in [0.1, 0.15) is 6.54 Å². The van der Waals surface area contributed by atoms with E-state index in [1.165, 1.54) is 17.4 Å². The molecule has 0 atom stereocenters. The first kappa shape index (κ1) is 18.2. The van der Waals surface area contributed by atoms with Crippen molar-refractivity contribution in [2.45, 2.75) is 26.7 Å². The van der Waals surface area contributed by atoms with Gasteiger partial charge in [-0.25, -0.2) is 0 Å². The van der Waals surface area contributed by atoms with Gasteiger partial charge in [0.2, 0.25) is 11.8 Å². The number of hydrogen-bond donors (Lipinski definition) is 1. The van der Waals surface area contributed by atoms with Crippen LogP contribution in [-0.2, 0) is 9.59 Å². The van der Waals surface area contributed by atoms with Gasteiger partial charge in [-0.2, -0.15) is 0 Å². The summed E-state index contributed by atoms with van der Waals surface area (Å²) in [6, 6.07) is 15.1. The molecule has 0 saturated heterocycles. The first-order valence-corrected chi connectivity index (χ1v) is 8.60. The molecule has 0 fully saturated rings. The highest BCUT2D eigenvalue weighted by Crippen LogP contribution is 2.22. The van der Waals surface area contributed by atoms with E-state index in [1.807, 2.05) is 42.5 Å². The van der Waals surface area contributed by atoms with Crippen molar-refractivity contribution >= 4 is 39.1 Å². The van der Waals surface area contributed by atoms with Gasteiger partial charge in [0.05, 0.1) is 5.69 Å². The molecule has 0 bridgehead atoms. The van der Waals surface area contributed by atoms with Gasteiger partial charge < -0.3 is 10.2 Å². The number of benzene rings is 2. The molecule has 0 unspecified atom stereocenters. The molecule has 0 aromatic heterocycles. The zero-order valence-corrected chi connectivity index (χ0v) is 15.6. The van der Waals surface area contributed by atoms with Crippen LogP contribution in [0.15, 0.2) is 53.0 Å². The molecule has 5 heteroatoms. The van der Waals surface area contributed by atoms with Crippen molar-refractivity contribution in [3.63, 3.8) is 0 Å². The quantitative estimate of drug-likeness (QED) is 0.815. The summed E-state index contributed by atoms with van der Waals surface area (Å²) < 4.78 is 0.800. The molecule has 4 nitrogen and oxygen atoms in total. The molecule has 2 amide bonds. The fraction of sp³-hybridized carbons (Fsp3) is 0.263. The van der Waals surface area contributed by atoms with Gasteiger partial charge in [0, 0.05) is 17.1 Å². The Morgan fingerprint density at radius 1 is 1.08 bits per heavy atom. The summed E-state index contributed by atoms with van der Waals surface area (Å²) in [6.45, 7) is 5.66. The Hall–Kier alpha value is -2.14. The van der Waals surface area contributed by atoms with Gasteiger partial charge in [0.15, 0.2) is 0 Å². The Morgan fingerprint density at radius 3 is 2.25 bits per heavy atom. The smallest absolute Gasteiger partial charge is 0.244 e. The first-order chi connectivity index (χ1) is 11.4. The summed E-state index contributed by atoms with van der Waals surface area (Å²) in [5.41, 5.74) is 2.59. The number of amides is 2. The number of carbonyl (C=O) groups excluding carboxylic acids is 2. The molecular formula is C19H21BrN2O2. The fourth-order valence-electron chi connectivity index (χ4n) is 2.32. The Kier molecular flexibility index (Phi) is 6.15. The topological polar surface area (TPSA) is 49.4 Å². The van der Waals surface area contributed by atoms with Gasteiger partial charge >= 0.3 is 0 Å². The lowest BCUT2D eigenvalue weighted by Gasteiger charge is -2.21. The number of para-hydroxylation sites is 1. The standard InChI is InChI=1S/C19H21BrN2O2/c1-13(2)15-8-10-16(11-9-15)22(14(3)23)12-19(24)21-18-7-5-4-6-17(18)20/h4-11,13H,12H2,1-3H3,(H,21,24). The molecule has 1 N–H and O–H groups in total. The van der Waals surface area contributed by atoms with Crippen LogP contribution in [0.4, 0.5) is 11.4 Å². The van der Waals surface area contributed by atoms with Gasteiger partial charge in [-0.1, -0.05) is 38.1 Å². The summed E-state index contributed by atoms with van der Waals surface area (Å²) in [7, 11) is 0. The highest BCUT2D eigenvalue weighted by atomic mass is 79.9. The maximum atomic E-state index is 12.3. The predicted octanol–water partition coefficient (Wildman–Crippen LogP) is 4.56. The lowest BCUT2D eigenvalue weighted by Crippen LogP contribution is -2.36. The molecule has 0 aliphatic heterocycles. The van der Waals surface area contributed by atoms with E-state index in [9.17, 15) is 9.59 Å². The van der Waals surface area contributed by atoms with Crippen LogP contribution in [0.2, 0.25) is 0 Å². The third-order valence-corrected chi connectivity index (χ3v) is 4.39. The highest BCUT2D eigenvalue weighted by molar-refractivity contribution is 9.10. The van der Waals surface area contributed by atoms with Crippen LogP contribution in [-0.4, -0.2) is 18.4 Å². The normalized spacial score (nSPS) is 10.5. The molecule has 24 heavy (non-hydrogen) atoms. The van der Waals surface area contributed by atoms with Crippen LogP contribution in [0.5, 0.6) is 0 Å². The summed E-state index contributed by atoms with van der Waals surface area (Å²) >= 11 is 3.39. The third kappa shape index (κ3) is 4.68. The molecule has 0 heterocycles. The minimum Gasteiger partial charge on any atom is -0.324 e. The van der Waals surface area contributed by atoms with Crippen LogP contribution in [0, 0.1) is 0 Å². The lowest BCUT2D eigenvalue weighted by atomic mass is 10.0. The van der Waals surface area contributed by atoms with Crippen LogP contribution < -0.4 is 10.2 Å². The van der Waals surface area contributed by atoms with Gasteiger partial charge in [0.25, 0.3) is 0 Å². The van der Waals surface area contributed by atoms with Gasteiger partial charge in [-0.3, -0.25) is 9.59 Å². The SMILES string of the molecule is CC(=O)N(CC(=O)Nc1ccccc1Br)c1ccc(C(C)C)cc1. The van der Waals surface area contributed by atoms with Crippen LogP contribution >= 0.6 is 15.9 Å². The minimum atomic E-state index is -0.245. The average molecular weight is 389 g/mol. The molecule has 0 aliphatic rings. The van der Waals surface area contributed by atoms with Crippen molar-refractivity contribution < 1.29 is 9.59 Å². The fourth-order valence-corrected chi connectivity index (χ4v) is 2.70. The lowest BCUT2D eigenvalue weighted by molar-refractivity contribution is -0.120. The van der Waals surface area contributed by atoms with Crippen molar-refractivity contribution in [3.05, 3.63) is 58.6 Å². The van der Waals surface area contributed by atoms with Crippen molar-refractivity contribution in [2.24, 2.45) is 0 Å². The van der Waals surface area contributed by atoms with Crippen molar-refractivity contribution in [2.75, 3.05) is 16.8 Å². The first-order valence-electron chi connectivity index (χ1n) is 7.81. The second kappa shape index (κ2) is 8.11. The Morgan fingerprint density at radius 2 is 1.71 bits per heavy atom. The molecule has 2 aromatic rings. The Bertz CT molecular complexity index is 726. The van der Waals surface area contributed by atoms with E-state index in [2.05, 4.69) is 35.1 Å². The summed E-state index contributed by atoms with van der Waals surface area (Å²) in [5.74, 6) is 0.00293. The monoisotopic (exact) mass is 388 g/mol. The highest BCUT2D eigenvalue weighted by Gasteiger charge is 2.16. The number of anilines is 2. The van der Waals surface area contributed by atoms with Gasteiger partial charge in [-0.15, -0.1) is 0 Å². The molecule has 0 radical (unpaired) electrons. The molecule has 126 valence electrons. The molecule has 2 aromatic carbocycles. The number of hydrogen-bond acceptors (Lipinski definition) is 2. The average Bonchev–Trinajstić information content (AvgIpc) is 2.54. The zero-order valence-electron chi connectivity index (χ0n) is 14.0. The summed E-state index contributed by atoms with van der Waals surface area (Å²) in [4.78, 5) is 25.7. The number of nitrogens with one attached hydrogen (secondary N) is 1. The predicted molar refractivity (Wildman–Crippen MR) is 101 cm³/mol. The number of nitrogens with zero attached hydrogens (tertiary/aromatic N) is 1. The maximum Gasteiger partial charge on any atom is 0.244 e. The largest absolute Gasteiger partial charge is 0.324 e. The maximum absolute atomic E-state index is 12.3. The van der Waals surface area contributed by atoms with E-state index in [0.717, 1.165) is 4.47 Å². The van der Waals surface area contributed by atoms with Crippen molar-refractivity contribution in [1.29, 1.82) is 0 Å². The Labute approximate surface area is 151 Å². The molecule has 0 saturated carbocycles. The second-order valence-electron chi connectivity index (χ2n) is 5.88. The Balaban J connectivity index is 2.12. The van der Waals surface area contributed by atoms with E-state index in [-0.39, 0.29) is 18.4 Å². The summed E-state index contributed by atoms with van der Waals surface area (Å²) in [5, 5.41) is 2.82. The van der Waals surface area contributed by atoms with Crippen molar-refractivity contribution in [3.8, 4) is 0 Å². The number of carbonyl (C=O) groups is 2. The van der Waals surface area contributed by atoms with Crippen LogP contribution in [0.25, 0.3) is 0 Å². The summed E-state index contributed by atoms with van der Waals surface area (Å²) in [6.07, 6.45) is 0. The van der Waals surface area contributed by atoms with Crippen LogP contribution in [0.3, 0.4) is 0 Å². The second-order valence-corrected chi connectivity index (χ2v) is 6.73. The number of rotatable bonds is 5. The van der Waals surface area contributed by atoms with E-state index in [1.54, 1.807) is 6.07 Å². The van der Waals surface area contributed by atoms with Gasteiger partial charge in [-0.05, 0) is 51.7 Å². The van der Waals surface area contributed by atoms with E-state index in [4.69, 9.17) is 0 Å². The molecule has 0 aliphatic carbocycles. The minimum absolute atomic E-state index is 0.0301. The van der Waals surface area contributed by atoms with E-state index in [0.29, 0.717) is 17.3 Å².